The molecular weight excluding hydrogens is 170 g/mol. The second kappa shape index (κ2) is 6.22. The molecule has 0 saturated carbocycles. The van der Waals surface area contributed by atoms with Crippen LogP contribution in [-0.2, 0) is 14.3 Å². The van der Waals surface area contributed by atoms with Crippen LogP contribution in [0.3, 0.4) is 0 Å². The lowest BCUT2D eigenvalue weighted by molar-refractivity contribution is -0.137. The van der Waals surface area contributed by atoms with Gasteiger partial charge in [0.25, 0.3) is 0 Å². The van der Waals surface area contributed by atoms with Crippen LogP contribution in [0.15, 0.2) is 12.2 Å². The van der Waals surface area contributed by atoms with Gasteiger partial charge in [-0.15, -0.1) is 0 Å². The number of hydrogen-bond acceptors (Lipinski definition) is 3. The van der Waals surface area contributed by atoms with E-state index in [2.05, 4.69) is 10.1 Å². The number of hydrogen-bond donors (Lipinski definition) is 1. The zero-order chi connectivity index (χ0) is 10.3. The molecule has 13 heavy (non-hydrogen) atoms. The number of rotatable bonds is 4. The van der Waals surface area contributed by atoms with E-state index < -0.39 is 0 Å². The molecule has 0 aliphatic carbocycles. The molecule has 0 rings (SSSR count). The number of carbonyl (C=O) groups excluding carboxylic acids is 2. The van der Waals surface area contributed by atoms with Crippen molar-refractivity contribution in [2.24, 2.45) is 0 Å². The number of esters is 1. The monoisotopic (exact) mass is 185 g/mol. The highest BCUT2D eigenvalue weighted by Gasteiger charge is 1.99. The van der Waals surface area contributed by atoms with Gasteiger partial charge in [0.15, 0.2) is 0 Å². The quantitative estimate of drug-likeness (QED) is 0.516. The summed E-state index contributed by atoms with van der Waals surface area (Å²) >= 11 is 0. The van der Waals surface area contributed by atoms with Gasteiger partial charge in [-0.05, 0) is 13.8 Å². The first-order valence-corrected chi connectivity index (χ1v) is 4.18. The first-order valence-electron chi connectivity index (χ1n) is 4.18. The summed E-state index contributed by atoms with van der Waals surface area (Å²) in [7, 11) is 0. The van der Waals surface area contributed by atoms with E-state index in [4.69, 9.17) is 0 Å². The highest BCUT2D eigenvalue weighted by atomic mass is 16.5. The van der Waals surface area contributed by atoms with E-state index in [1.807, 2.05) is 0 Å². The summed E-state index contributed by atoms with van der Waals surface area (Å²) in [5, 5.41) is 2.61. The Hall–Kier alpha value is -1.32. The van der Waals surface area contributed by atoms with Crippen molar-refractivity contribution < 1.29 is 14.3 Å². The van der Waals surface area contributed by atoms with Crippen LogP contribution in [-0.4, -0.2) is 24.5 Å². The molecule has 0 fully saturated rings. The van der Waals surface area contributed by atoms with E-state index in [9.17, 15) is 9.59 Å². The average molecular weight is 185 g/mol. The largest absolute Gasteiger partial charge is 0.463 e. The average Bonchev–Trinajstić information content (AvgIpc) is 2.00. The normalized spacial score (nSPS) is 12.5. The van der Waals surface area contributed by atoms with Gasteiger partial charge in [0, 0.05) is 19.0 Å². The number of nitrogens with one attached hydrogen (secondary N) is 1. The van der Waals surface area contributed by atoms with Crippen molar-refractivity contribution in [1.29, 1.82) is 0 Å². The molecule has 0 aromatic carbocycles. The van der Waals surface area contributed by atoms with Crippen LogP contribution in [0.5, 0.6) is 0 Å². The van der Waals surface area contributed by atoms with Gasteiger partial charge < -0.3 is 10.1 Å². The molecule has 4 heteroatoms. The zero-order valence-corrected chi connectivity index (χ0v) is 8.16. The predicted octanol–water partition coefficient (Wildman–Crippen LogP) is 0.630. The Morgan fingerprint density at radius 1 is 1.54 bits per heavy atom. The van der Waals surface area contributed by atoms with Gasteiger partial charge in [-0.25, -0.2) is 4.79 Å². The predicted molar refractivity (Wildman–Crippen MR) is 49.1 cm³/mol. The van der Waals surface area contributed by atoms with Crippen molar-refractivity contribution in [3.8, 4) is 0 Å². The standard InChI is InChI=1S/C9H15NO3/c1-4-13-9(12)6-5-7(2)10-8(3)11/h5-7H,4H2,1-3H3,(H,10,11)/b6-5+. The fourth-order valence-electron chi connectivity index (χ4n) is 0.782. The lowest BCUT2D eigenvalue weighted by atomic mass is 10.3. The minimum absolute atomic E-state index is 0.124. The third-order valence-electron chi connectivity index (χ3n) is 1.24. The summed E-state index contributed by atoms with van der Waals surface area (Å²) in [6, 6.07) is -0.151. The first-order chi connectivity index (χ1) is 6.06. The van der Waals surface area contributed by atoms with E-state index in [0.717, 1.165) is 0 Å². The summed E-state index contributed by atoms with van der Waals surface area (Å²) < 4.78 is 4.66. The molecule has 0 aliphatic rings. The molecule has 1 N–H and O–H groups in total. The molecule has 74 valence electrons. The highest BCUT2D eigenvalue weighted by molar-refractivity contribution is 5.82. The van der Waals surface area contributed by atoms with Crippen molar-refractivity contribution in [2.75, 3.05) is 6.61 Å². The van der Waals surface area contributed by atoms with Crippen molar-refractivity contribution in [1.82, 2.24) is 5.32 Å². The molecule has 0 aromatic heterocycles. The summed E-state index contributed by atoms with van der Waals surface area (Å²) in [4.78, 5) is 21.4. The van der Waals surface area contributed by atoms with Gasteiger partial charge in [0.2, 0.25) is 5.91 Å². The van der Waals surface area contributed by atoms with Gasteiger partial charge in [0.05, 0.1) is 6.61 Å². The highest BCUT2D eigenvalue weighted by Crippen LogP contribution is 1.87. The molecule has 1 unspecified atom stereocenters. The second-order valence-electron chi connectivity index (χ2n) is 2.60. The van der Waals surface area contributed by atoms with Crippen molar-refractivity contribution >= 4 is 11.9 Å². The van der Waals surface area contributed by atoms with Crippen LogP contribution in [0, 0.1) is 0 Å². The third kappa shape index (κ3) is 7.05. The van der Waals surface area contributed by atoms with Crippen LogP contribution < -0.4 is 5.32 Å². The molecule has 0 radical (unpaired) electrons. The molecular formula is C9H15NO3. The Labute approximate surface area is 78.0 Å². The van der Waals surface area contributed by atoms with Crippen LogP contribution in [0.4, 0.5) is 0 Å². The zero-order valence-electron chi connectivity index (χ0n) is 8.16. The smallest absolute Gasteiger partial charge is 0.330 e. The Morgan fingerprint density at radius 2 is 2.15 bits per heavy atom. The summed E-state index contributed by atoms with van der Waals surface area (Å²) in [6.45, 7) is 5.30. The Bertz CT molecular complexity index is 211. The molecule has 1 amide bonds. The lowest BCUT2D eigenvalue weighted by Crippen LogP contribution is -2.28. The molecule has 0 aromatic rings. The van der Waals surface area contributed by atoms with Gasteiger partial charge in [-0.3, -0.25) is 4.79 Å². The van der Waals surface area contributed by atoms with Crippen LogP contribution in [0.2, 0.25) is 0 Å². The van der Waals surface area contributed by atoms with E-state index in [1.165, 1.54) is 13.0 Å². The second-order valence-corrected chi connectivity index (χ2v) is 2.60. The van der Waals surface area contributed by atoms with Crippen LogP contribution in [0.25, 0.3) is 0 Å². The molecule has 4 nitrogen and oxygen atoms in total. The van der Waals surface area contributed by atoms with E-state index >= 15 is 0 Å². The fraction of sp³-hybridized carbons (Fsp3) is 0.556. The molecule has 0 spiro atoms. The molecule has 0 bridgehead atoms. The minimum atomic E-state index is -0.389. The summed E-state index contributed by atoms with van der Waals surface area (Å²) in [5.74, 6) is -0.513. The van der Waals surface area contributed by atoms with E-state index in [-0.39, 0.29) is 17.9 Å². The van der Waals surface area contributed by atoms with Crippen LogP contribution in [0.1, 0.15) is 20.8 Å². The maximum absolute atomic E-state index is 10.8. The van der Waals surface area contributed by atoms with E-state index in [0.29, 0.717) is 6.61 Å². The number of amides is 1. The molecule has 0 saturated heterocycles. The Balaban J connectivity index is 3.82. The van der Waals surface area contributed by atoms with Gasteiger partial charge in [0.1, 0.15) is 0 Å². The van der Waals surface area contributed by atoms with Crippen molar-refractivity contribution in [3.05, 3.63) is 12.2 Å². The summed E-state index contributed by atoms with van der Waals surface area (Å²) in [5.41, 5.74) is 0. The number of ether oxygens (including phenoxy) is 1. The molecule has 0 heterocycles. The lowest BCUT2D eigenvalue weighted by Gasteiger charge is -2.05. The minimum Gasteiger partial charge on any atom is -0.463 e. The van der Waals surface area contributed by atoms with Gasteiger partial charge >= 0.3 is 5.97 Å². The molecule has 0 aliphatic heterocycles. The Kier molecular flexibility index (Phi) is 5.59. The molecule has 1 atom stereocenters. The topological polar surface area (TPSA) is 55.4 Å². The number of carbonyl (C=O) groups is 2. The third-order valence-corrected chi connectivity index (χ3v) is 1.24. The Morgan fingerprint density at radius 3 is 2.62 bits per heavy atom. The maximum Gasteiger partial charge on any atom is 0.330 e. The van der Waals surface area contributed by atoms with Crippen molar-refractivity contribution in [2.45, 2.75) is 26.8 Å². The van der Waals surface area contributed by atoms with Gasteiger partial charge in [-0.1, -0.05) is 6.08 Å². The van der Waals surface area contributed by atoms with E-state index in [1.54, 1.807) is 19.9 Å². The fourth-order valence-corrected chi connectivity index (χ4v) is 0.782. The SMILES string of the molecule is CCOC(=O)/C=C/C(C)NC(C)=O. The maximum atomic E-state index is 10.8. The van der Waals surface area contributed by atoms with Crippen molar-refractivity contribution in [3.63, 3.8) is 0 Å². The first kappa shape index (κ1) is 11.7. The van der Waals surface area contributed by atoms with Gasteiger partial charge in [-0.2, -0.15) is 0 Å². The van der Waals surface area contributed by atoms with Crippen LogP contribution >= 0.6 is 0 Å². The summed E-state index contributed by atoms with van der Waals surface area (Å²) in [6.07, 6.45) is 2.89.